The van der Waals surface area contributed by atoms with Gasteiger partial charge in [0.15, 0.2) is 0 Å². The number of nitrogens with one attached hydrogen (secondary N) is 1. The second-order valence-electron chi connectivity index (χ2n) is 3.49. The molecule has 1 N–H and O–H groups in total. The summed E-state index contributed by atoms with van der Waals surface area (Å²) in [7, 11) is 1.38. The van der Waals surface area contributed by atoms with Crippen molar-refractivity contribution < 1.29 is 9.53 Å². The van der Waals surface area contributed by atoms with Gasteiger partial charge in [0.25, 0.3) is 0 Å². The van der Waals surface area contributed by atoms with Gasteiger partial charge in [-0.15, -0.1) is 0 Å². The molecule has 0 fully saturated rings. The summed E-state index contributed by atoms with van der Waals surface area (Å²) in [4.78, 5) is 14.4. The summed E-state index contributed by atoms with van der Waals surface area (Å²) in [6.07, 6.45) is 5.72. The number of fused-ring (bicyclic) bond motifs is 1. The Kier molecular flexibility index (Phi) is 2.46. The van der Waals surface area contributed by atoms with E-state index in [0.717, 1.165) is 24.1 Å². The van der Waals surface area contributed by atoms with Gasteiger partial charge in [-0.3, -0.25) is 0 Å². The fraction of sp³-hybridized carbons (Fsp3) is 0.250. The summed E-state index contributed by atoms with van der Waals surface area (Å²) in [6, 6.07) is 1.85. The van der Waals surface area contributed by atoms with E-state index >= 15 is 0 Å². The maximum atomic E-state index is 11.3. The average molecular weight is 203 g/mol. The number of H-pyrrole nitrogens is 1. The van der Waals surface area contributed by atoms with Gasteiger partial charge in [-0.05, 0) is 30.0 Å². The number of methoxy groups -OCH3 is 1. The van der Waals surface area contributed by atoms with Crippen molar-refractivity contribution in [3.63, 3.8) is 0 Å². The minimum absolute atomic E-state index is 0.317. The normalized spacial score (nSPS) is 16.5. The van der Waals surface area contributed by atoms with Crippen LogP contribution in [-0.2, 0) is 11.2 Å². The number of carbonyl (C=O) groups excluding carboxylic acids is 1. The van der Waals surface area contributed by atoms with Crippen molar-refractivity contribution in [1.82, 2.24) is 4.98 Å². The third kappa shape index (κ3) is 1.61. The third-order valence-corrected chi connectivity index (χ3v) is 2.61. The van der Waals surface area contributed by atoms with Gasteiger partial charge in [0.2, 0.25) is 0 Å². The molecule has 0 bridgehead atoms. The highest BCUT2D eigenvalue weighted by Gasteiger charge is 2.21. The largest absolute Gasteiger partial charge is 0.464 e. The SMILES string of the molecule is C=CC=C1CCc2[nH]c(C(=O)OC)cc21. The summed E-state index contributed by atoms with van der Waals surface area (Å²) < 4.78 is 4.66. The number of rotatable bonds is 2. The fourth-order valence-electron chi connectivity index (χ4n) is 1.91. The minimum Gasteiger partial charge on any atom is -0.464 e. The Morgan fingerprint density at radius 2 is 2.40 bits per heavy atom. The van der Waals surface area contributed by atoms with Crippen molar-refractivity contribution in [2.45, 2.75) is 12.8 Å². The van der Waals surface area contributed by atoms with Crippen LogP contribution in [0.2, 0.25) is 0 Å². The van der Waals surface area contributed by atoms with E-state index in [2.05, 4.69) is 16.3 Å². The predicted octanol–water partition coefficient (Wildman–Crippen LogP) is 2.32. The molecule has 2 rings (SSSR count). The number of esters is 1. The minimum atomic E-state index is -0.317. The van der Waals surface area contributed by atoms with Crippen LogP contribution in [0.5, 0.6) is 0 Å². The second-order valence-corrected chi connectivity index (χ2v) is 3.49. The van der Waals surface area contributed by atoms with Gasteiger partial charge in [-0.25, -0.2) is 4.79 Å². The Bertz CT molecular complexity index is 440. The monoisotopic (exact) mass is 203 g/mol. The lowest BCUT2D eigenvalue weighted by atomic mass is 10.1. The van der Waals surface area contributed by atoms with Crippen LogP contribution in [0.1, 0.15) is 28.2 Å². The van der Waals surface area contributed by atoms with Crippen molar-refractivity contribution in [3.05, 3.63) is 41.7 Å². The zero-order valence-corrected chi connectivity index (χ0v) is 8.67. The first-order valence-corrected chi connectivity index (χ1v) is 4.88. The molecule has 1 aromatic rings. The van der Waals surface area contributed by atoms with E-state index in [-0.39, 0.29) is 5.97 Å². The summed E-state index contributed by atoms with van der Waals surface area (Å²) >= 11 is 0. The molecule has 3 heteroatoms. The van der Waals surface area contributed by atoms with Crippen LogP contribution >= 0.6 is 0 Å². The average Bonchev–Trinajstić information content (AvgIpc) is 2.79. The van der Waals surface area contributed by atoms with Crippen molar-refractivity contribution in [1.29, 1.82) is 0 Å². The molecule has 0 spiro atoms. The van der Waals surface area contributed by atoms with Gasteiger partial charge in [-0.1, -0.05) is 18.7 Å². The molecule has 0 aromatic carbocycles. The number of hydrogen-bond donors (Lipinski definition) is 1. The zero-order valence-electron chi connectivity index (χ0n) is 8.67. The van der Waals surface area contributed by atoms with E-state index in [0.29, 0.717) is 5.69 Å². The van der Waals surface area contributed by atoms with Crippen LogP contribution in [-0.4, -0.2) is 18.1 Å². The smallest absolute Gasteiger partial charge is 0.354 e. The topological polar surface area (TPSA) is 42.1 Å². The van der Waals surface area contributed by atoms with Crippen LogP contribution in [0.25, 0.3) is 5.57 Å². The number of aromatic nitrogens is 1. The van der Waals surface area contributed by atoms with Gasteiger partial charge in [-0.2, -0.15) is 0 Å². The number of hydrogen-bond acceptors (Lipinski definition) is 2. The first-order chi connectivity index (χ1) is 7.26. The summed E-state index contributed by atoms with van der Waals surface area (Å²) in [6.45, 7) is 3.68. The lowest BCUT2D eigenvalue weighted by molar-refractivity contribution is 0.0594. The first kappa shape index (κ1) is 9.77. The molecule has 0 radical (unpaired) electrons. The maximum absolute atomic E-state index is 11.3. The number of carbonyl (C=O) groups is 1. The molecule has 0 saturated carbocycles. The molecule has 1 aliphatic carbocycles. The number of ether oxygens (including phenoxy) is 1. The van der Waals surface area contributed by atoms with Crippen LogP contribution in [0.4, 0.5) is 0 Å². The van der Waals surface area contributed by atoms with Crippen molar-refractivity contribution in [2.24, 2.45) is 0 Å². The molecule has 0 aliphatic heterocycles. The Morgan fingerprint density at radius 1 is 1.60 bits per heavy atom. The van der Waals surface area contributed by atoms with Gasteiger partial charge in [0, 0.05) is 5.69 Å². The van der Waals surface area contributed by atoms with Gasteiger partial charge < -0.3 is 9.72 Å². The van der Waals surface area contributed by atoms with Gasteiger partial charge in [0.1, 0.15) is 5.69 Å². The van der Waals surface area contributed by atoms with E-state index in [1.165, 1.54) is 12.7 Å². The van der Waals surface area contributed by atoms with Crippen molar-refractivity contribution >= 4 is 11.5 Å². The highest BCUT2D eigenvalue weighted by atomic mass is 16.5. The lowest BCUT2D eigenvalue weighted by Gasteiger charge is -1.95. The molecule has 0 amide bonds. The molecule has 0 saturated heterocycles. The molecular formula is C12H13NO2. The van der Waals surface area contributed by atoms with E-state index in [9.17, 15) is 4.79 Å². The second kappa shape index (κ2) is 3.77. The molecule has 1 aromatic heterocycles. The van der Waals surface area contributed by atoms with E-state index in [4.69, 9.17) is 0 Å². The van der Waals surface area contributed by atoms with Crippen LogP contribution in [0, 0.1) is 0 Å². The Labute approximate surface area is 88.5 Å². The molecule has 0 unspecified atom stereocenters. The molecule has 1 heterocycles. The zero-order chi connectivity index (χ0) is 10.8. The standard InChI is InChI=1S/C12H13NO2/c1-3-4-8-5-6-10-9(8)7-11(13-10)12(14)15-2/h3-4,7,13H,1,5-6H2,2H3. The van der Waals surface area contributed by atoms with Gasteiger partial charge in [0.05, 0.1) is 7.11 Å². The van der Waals surface area contributed by atoms with E-state index in [1.54, 1.807) is 6.08 Å². The quantitative estimate of drug-likeness (QED) is 0.749. The molecule has 15 heavy (non-hydrogen) atoms. The molecule has 3 nitrogen and oxygen atoms in total. The number of aromatic amines is 1. The van der Waals surface area contributed by atoms with Crippen molar-refractivity contribution in [2.75, 3.05) is 7.11 Å². The summed E-state index contributed by atoms with van der Waals surface area (Å²) in [5.41, 5.74) is 3.99. The molecule has 0 atom stereocenters. The van der Waals surface area contributed by atoms with Crippen LogP contribution in [0.3, 0.4) is 0 Å². The molecule has 78 valence electrons. The number of aryl methyl sites for hydroxylation is 1. The highest BCUT2D eigenvalue weighted by molar-refractivity contribution is 5.90. The lowest BCUT2D eigenvalue weighted by Crippen LogP contribution is -2.01. The molecular weight excluding hydrogens is 190 g/mol. The van der Waals surface area contributed by atoms with E-state index < -0.39 is 0 Å². The highest BCUT2D eigenvalue weighted by Crippen LogP contribution is 2.32. The van der Waals surface area contributed by atoms with Crippen molar-refractivity contribution in [3.8, 4) is 0 Å². The summed E-state index contributed by atoms with van der Waals surface area (Å²) in [5, 5.41) is 0. The summed E-state index contributed by atoms with van der Waals surface area (Å²) in [5.74, 6) is -0.317. The molecule has 1 aliphatic rings. The number of allylic oxidation sites excluding steroid dienone is 3. The van der Waals surface area contributed by atoms with E-state index in [1.807, 2.05) is 12.1 Å². The maximum Gasteiger partial charge on any atom is 0.354 e. The Morgan fingerprint density at radius 3 is 3.07 bits per heavy atom. The predicted molar refractivity (Wildman–Crippen MR) is 58.6 cm³/mol. The van der Waals surface area contributed by atoms with Crippen LogP contribution in [0.15, 0.2) is 24.8 Å². The fourth-order valence-corrected chi connectivity index (χ4v) is 1.91. The first-order valence-electron chi connectivity index (χ1n) is 4.88. The van der Waals surface area contributed by atoms with Gasteiger partial charge >= 0.3 is 5.97 Å². The van der Waals surface area contributed by atoms with Crippen LogP contribution < -0.4 is 0 Å². The Hall–Kier alpha value is -1.77. The Balaban J connectivity index is 2.38. The third-order valence-electron chi connectivity index (χ3n) is 2.61.